The molecule has 2 aromatic carbocycles. The SMILES string of the molecule is CC1CN(c2ccc(CNC(=O)Cc3ccc(NC(=O)c4cc5ccccc5o4)cc3)cn2)CCO1. The fraction of sp³-hybridized carbons (Fsp3) is 0.250. The Morgan fingerprint density at radius 1 is 1.06 bits per heavy atom. The number of furan rings is 1. The Bertz CT molecular complexity index is 1320. The number of benzene rings is 2. The van der Waals surface area contributed by atoms with E-state index in [2.05, 4.69) is 27.4 Å². The van der Waals surface area contributed by atoms with Crippen molar-refractivity contribution in [2.75, 3.05) is 29.9 Å². The maximum atomic E-state index is 12.5. The van der Waals surface area contributed by atoms with Crippen molar-refractivity contribution >= 4 is 34.3 Å². The smallest absolute Gasteiger partial charge is 0.291 e. The molecule has 2 aromatic heterocycles. The van der Waals surface area contributed by atoms with Gasteiger partial charge in [-0.2, -0.15) is 0 Å². The maximum absolute atomic E-state index is 12.5. The standard InChI is InChI=1S/C28H28N4O4/c1-19-18-32(12-13-35-19)26-11-8-21(16-29-26)17-30-27(33)14-20-6-9-23(10-7-20)31-28(34)25-15-22-4-2-3-5-24(22)36-25/h2-11,15-16,19H,12-14,17-18H2,1H3,(H,30,33)(H,31,34). The van der Waals surface area contributed by atoms with Crippen molar-refractivity contribution < 1.29 is 18.7 Å². The van der Waals surface area contributed by atoms with Crippen LogP contribution < -0.4 is 15.5 Å². The number of rotatable bonds is 7. The summed E-state index contributed by atoms with van der Waals surface area (Å²) in [5.74, 6) is 0.772. The third-order valence-electron chi connectivity index (χ3n) is 6.09. The predicted molar refractivity (Wildman–Crippen MR) is 138 cm³/mol. The van der Waals surface area contributed by atoms with E-state index in [4.69, 9.17) is 9.15 Å². The van der Waals surface area contributed by atoms with Gasteiger partial charge in [0.05, 0.1) is 19.1 Å². The highest BCUT2D eigenvalue weighted by atomic mass is 16.5. The number of carbonyl (C=O) groups excluding carboxylic acids is 2. The Morgan fingerprint density at radius 3 is 2.61 bits per heavy atom. The summed E-state index contributed by atoms with van der Waals surface area (Å²) in [6.45, 7) is 4.83. The van der Waals surface area contributed by atoms with Crippen LogP contribution in [0.3, 0.4) is 0 Å². The molecule has 1 saturated heterocycles. The van der Waals surface area contributed by atoms with Gasteiger partial charge in [-0.25, -0.2) is 4.98 Å². The van der Waals surface area contributed by atoms with Crippen LogP contribution in [-0.2, 0) is 22.5 Å². The third-order valence-corrected chi connectivity index (χ3v) is 6.09. The lowest BCUT2D eigenvalue weighted by atomic mass is 10.1. The summed E-state index contributed by atoms with van der Waals surface area (Å²) in [4.78, 5) is 31.7. The molecule has 36 heavy (non-hydrogen) atoms. The number of ether oxygens (including phenoxy) is 1. The highest BCUT2D eigenvalue weighted by Gasteiger charge is 2.18. The second-order valence-electron chi connectivity index (χ2n) is 8.91. The lowest BCUT2D eigenvalue weighted by Crippen LogP contribution is -2.41. The number of pyridine rings is 1. The number of carbonyl (C=O) groups is 2. The van der Waals surface area contributed by atoms with E-state index in [1.807, 2.05) is 48.5 Å². The van der Waals surface area contributed by atoms with Gasteiger partial charge in [0.2, 0.25) is 5.91 Å². The first-order chi connectivity index (χ1) is 17.5. The van der Waals surface area contributed by atoms with Gasteiger partial charge in [0, 0.05) is 36.9 Å². The summed E-state index contributed by atoms with van der Waals surface area (Å²) < 4.78 is 11.2. The number of morpholine rings is 1. The number of para-hydroxylation sites is 1. The van der Waals surface area contributed by atoms with Gasteiger partial charge < -0.3 is 24.7 Å². The molecule has 0 spiro atoms. The van der Waals surface area contributed by atoms with Crippen LogP contribution in [0.25, 0.3) is 11.0 Å². The van der Waals surface area contributed by atoms with Crippen LogP contribution in [0.4, 0.5) is 11.5 Å². The Labute approximate surface area is 209 Å². The van der Waals surface area contributed by atoms with Crippen molar-refractivity contribution in [2.24, 2.45) is 0 Å². The topological polar surface area (TPSA) is 96.7 Å². The molecule has 2 amide bonds. The molecule has 0 radical (unpaired) electrons. The second kappa shape index (κ2) is 10.6. The zero-order chi connectivity index (χ0) is 24.9. The van der Waals surface area contributed by atoms with Crippen LogP contribution in [0.5, 0.6) is 0 Å². The lowest BCUT2D eigenvalue weighted by Gasteiger charge is -2.32. The Balaban J connectivity index is 1.10. The molecule has 1 aliphatic rings. The molecule has 3 heterocycles. The van der Waals surface area contributed by atoms with Crippen LogP contribution >= 0.6 is 0 Å². The van der Waals surface area contributed by atoms with E-state index in [-0.39, 0.29) is 30.1 Å². The molecule has 184 valence electrons. The number of amides is 2. The molecule has 1 atom stereocenters. The predicted octanol–water partition coefficient (Wildman–Crippen LogP) is 4.16. The zero-order valence-electron chi connectivity index (χ0n) is 20.1. The van der Waals surface area contributed by atoms with Gasteiger partial charge >= 0.3 is 0 Å². The Hall–Kier alpha value is -4.17. The zero-order valence-corrected chi connectivity index (χ0v) is 20.1. The molecular formula is C28H28N4O4. The van der Waals surface area contributed by atoms with E-state index in [1.165, 1.54) is 0 Å². The highest BCUT2D eigenvalue weighted by Crippen LogP contribution is 2.20. The van der Waals surface area contributed by atoms with E-state index >= 15 is 0 Å². The summed E-state index contributed by atoms with van der Waals surface area (Å²) in [7, 11) is 0. The highest BCUT2D eigenvalue weighted by molar-refractivity contribution is 6.04. The van der Waals surface area contributed by atoms with Crippen LogP contribution in [-0.4, -0.2) is 42.6 Å². The number of nitrogens with zero attached hydrogens (tertiary/aromatic N) is 2. The van der Waals surface area contributed by atoms with Crippen LogP contribution in [0.2, 0.25) is 0 Å². The minimum Gasteiger partial charge on any atom is -0.451 e. The van der Waals surface area contributed by atoms with Gasteiger partial charge in [-0.1, -0.05) is 36.4 Å². The number of hydrogen-bond donors (Lipinski definition) is 2. The largest absolute Gasteiger partial charge is 0.451 e. The maximum Gasteiger partial charge on any atom is 0.291 e. The van der Waals surface area contributed by atoms with Crippen LogP contribution in [0.15, 0.2) is 77.3 Å². The van der Waals surface area contributed by atoms with Gasteiger partial charge in [-0.05, 0) is 48.4 Å². The van der Waals surface area contributed by atoms with E-state index in [9.17, 15) is 9.59 Å². The number of anilines is 2. The number of fused-ring (bicyclic) bond motifs is 1. The molecule has 4 aromatic rings. The molecule has 8 nitrogen and oxygen atoms in total. The molecule has 0 saturated carbocycles. The van der Waals surface area contributed by atoms with Crippen LogP contribution in [0.1, 0.15) is 28.6 Å². The molecule has 0 aliphatic carbocycles. The number of nitrogens with one attached hydrogen (secondary N) is 2. The number of hydrogen-bond acceptors (Lipinski definition) is 6. The quantitative estimate of drug-likeness (QED) is 0.409. The summed E-state index contributed by atoms with van der Waals surface area (Å²) in [6.07, 6.45) is 2.24. The van der Waals surface area contributed by atoms with E-state index in [1.54, 1.807) is 24.4 Å². The summed E-state index contributed by atoms with van der Waals surface area (Å²) in [5, 5.41) is 6.64. The number of aromatic nitrogens is 1. The summed E-state index contributed by atoms with van der Waals surface area (Å²) >= 11 is 0. The molecule has 1 unspecified atom stereocenters. The summed E-state index contributed by atoms with van der Waals surface area (Å²) in [6, 6.07) is 20.4. The first-order valence-electron chi connectivity index (χ1n) is 12.0. The third kappa shape index (κ3) is 5.72. The van der Waals surface area contributed by atoms with Crippen molar-refractivity contribution in [3.8, 4) is 0 Å². The Morgan fingerprint density at radius 2 is 1.86 bits per heavy atom. The van der Waals surface area contributed by atoms with Crippen molar-refractivity contribution in [1.29, 1.82) is 0 Å². The van der Waals surface area contributed by atoms with Crippen LogP contribution in [0, 0.1) is 0 Å². The van der Waals surface area contributed by atoms with Crippen molar-refractivity contribution in [3.63, 3.8) is 0 Å². The van der Waals surface area contributed by atoms with Gasteiger partial charge in [-0.15, -0.1) is 0 Å². The van der Waals surface area contributed by atoms with E-state index in [0.29, 0.717) is 24.4 Å². The monoisotopic (exact) mass is 484 g/mol. The Kier molecular flexibility index (Phi) is 6.95. The molecular weight excluding hydrogens is 456 g/mol. The molecule has 2 N–H and O–H groups in total. The minimum atomic E-state index is -0.320. The molecule has 0 bridgehead atoms. The van der Waals surface area contributed by atoms with Gasteiger partial charge in [0.25, 0.3) is 5.91 Å². The normalized spacial score (nSPS) is 15.6. The fourth-order valence-electron chi connectivity index (χ4n) is 4.18. The van der Waals surface area contributed by atoms with E-state index in [0.717, 1.165) is 35.4 Å². The molecule has 5 rings (SSSR count). The van der Waals surface area contributed by atoms with Gasteiger partial charge in [0.15, 0.2) is 5.76 Å². The van der Waals surface area contributed by atoms with Crippen molar-refractivity contribution in [2.45, 2.75) is 26.0 Å². The summed E-state index contributed by atoms with van der Waals surface area (Å²) in [5.41, 5.74) is 3.09. The lowest BCUT2D eigenvalue weighted by molar-refractivity contribution is -0.120. The minimum absolute atomic E-state index is 0.0832. The van der Waals surface area contributed by atoms with Crippen molar-refractivity contribution in [1.82, 2.24) is 10.3 Å². The second-order valence-corrected chi connectivity index (χ2v) is 8.91. The van der Waals surface area contributed by atoms with E-state index < -0.39 is 0 Å². The fourth-order valence-corrected chi connectivity index (χ4v) is 4.18. The van der Waals surface area contributed by atoms with Gasteiger partial charge in [0.1, 0.15) is 11.4 Å². The average molecular weight is 485 g/mol. The van der Waals surface area contributed by atoms with Crippen molar-refractivity contribution in [3.05, 3.63) is 89.8 Å². The average Bonchev–Trinajstić information content (AvgIpc) is 3.34. The first kappa shape index (κ1) is 23.6. The molecule has 8 heteroatoms. The molecule has 1 fully saturated rings. The first-order valence-corrected chi connectivity index (χ1v) is 12.0. The van der Waals surface area contributed by atoms with Gasteiger partial charge in [-0.3, -0.25) is 9.59 Å². The molecule has 1 aliphatic heterocycles.